The van der Waals surface area contributed by atoms with Gasteiger partial charge in [0, 0.05) is 26.3 Å². The molecule has 1 amide bonds. The standard InChI is InChI=1S/C20H27ClN4O2/c1-14-9-17(16(10-22-3)5-4-8-26)13-25(12-14)15(2)20(27)24-19-7-6-18(21)11-23-19/h4-8,10-11,14-15,17,22H,9,12-13H2,1-3H3,(H,23,24,27)/b5-4-,16-10?. The van der Waals surface area contributed by atoms with Gasteiger partial charge in [-0.25, -0.2) is 4.98 Å². The molecule has 1 aromatic heterocycles. The van der Waals surface area contributed by atoms with Crippen LogP contribution in [0, 0.1) is 11.8 Å². The molecule has 0 radical (unpaired) electrons. The molecule has 0 aliphatic carbocycles. The third kappa shape index (κ3) is 6.19. The number of pyridine rings is 1. The summed E-state index contributed by atoms with van der Waals surface area (Å²) < 4.78 is 0. The van der Waals surface area contributed by atoms with Gasteiger partial charge in [-0.05, 0) is 55.2 Å². The van der Waals surface area contributed by atoms with E-state index in [0.717, 1.165) is 31.4 Å². The summed E-state index contributed by atoms with van der Waals surface area (Å²) in [6.07, 6.45) is 8.57. The van der Waals surface area contributed by atoms with Gasteiger partial charge in [-0.2, -0.15) is 0 Å². The zero-order valence-electron chi connectivity index (χ0n) is 16.0. The molecule has 3 atom stereocenters. The number of hydrogen-bond donors (Lipinski definition) is 2. The number of hydrogen-bond acceptors (Lipinski definition) is 5. The summed E-state index contributed by atoms with van der Waals surface area (Å²) in [5.41, 5.74) is 1.06. The van der Waals surface area contributed by atoms with Crippen LogP contribution in [0.1, 0.15) is 20.3 Å². The number of aromatic nitrogens is 1. The lowest BCUT2D eigenvalue weighted by Gasteiger charge is -2.39. The van der Waals surface area contributed by atoms with Crippen molar-refractivity contribution in [3.63, 3.8) is 0 Å². The molecule has 1 aromatic rings. The van der Waals surface area contributed by atoms with Crippen LogP contribution in [0.3, 0.4) is 0 Å². The molecular weight excluding hydrogens is 364 g/mol. The van der Waals surface area contributed by atoms with E-state index in [2.05, 4.69) is 27.4 Å². The molecule has 146 valence electrons. The molecule has 0 spiro atoms. The van der Waals surface area contributed by atoms with Crippen molar-refractivity contribution in [3.8, 4) is 0 Å². The van der Waals surface area contributed by atoms with Crippen molar-refractivity contribution in [1.29, 1.82) is 0 Å². The maximum atomic E-state index is 12.7. The number of nitrogens with one attached hydrogen (secondary N) is 2. The molecule has 1 saturated heterocycles. The zero-order valence-corrected chi connectivity index (χ0v) is 16.7. The number of rotatable bonds is 7. The van der Waals surface area contributed by atoms with E-state index in [-0.39, 0.29) is 17.9 Å². The number of carbonyl (C=O) groups is 2. The molecule has 1 fully saturated rings. The smallest absolute Gasteiger partial charge is 0.242 e. The zero-order chi connectivity index (χ0) is 19.8. The van der Waals surface area contributed by atoms with Crippen LogP contribution in [0.5, 0.6) is 0 Å². The summed E-state index contributed by atoms with van der Waals surface area (Å²) in [6, 6.07) is 3.09. The highest BCUT2D eigenvalue weighted by Crippen LogP contribution is 2.29. The fourth-order valence-corrected chi connectivity index (χ4v) is 3.53. The number of allylic oxidation sites excluding steroid dienone is 2. The molecule has 0 bridgehead atoms. The number of amides is 1. The number of piperidine rings is 1. The lowest BCUT2D eigenvalue weighted by Crippen LogP contribution is -2.49. The summed E-state index contributed by atoms with van der Waals surface area (Å²) in [7, 11) is 1.84. The van der Waals surface area contributed by atoms with Crippen molar-refractivity contribution >= 4 is 29.6 Å². The minimum atomic E-state index is -0.293. The van der Waals surface area contributed by atoms with Crippen molar-refractivity contribution < 1.29 is 9.59 Å². The first kappa shape index (κ1) is 21.1. The molecule has 2 rings (SSSR count). The normalized spacial score (nSPS) is 22.4. The van der Waals surface area contributed by atoms with E-state index in [1.807, 2.05) is 26.2 Å². The van der Waals surface area contributed by atoms with Crippen LogP contribution in [0.25, 0.3) is 0 Å². The summed E-state index contributed by atoms with van der Waals surface area (Å²) in [6.45, 7) is 5.70. The van der Waals surface area contributed by atoms with Gasteiger partial charge in [0.25, 0.3) is 0 Å². The highest BCUT2D eigenvalue weighted by molar-refractivity contribution is 6.30. The fourth-order valence-electron chi connectivity index (χ4n) is 3.42. The molecule has 2 N–H and O–H groups in total. The summed E-state index contributed by atoms with van der Waals surface area (Å²) >= 11 is 5.83. The molecule has 0 saturated carbocycles. The minimum Gasteiger partial charge on any atom is -0.394 e. The number of halogens is 1. The van der Waals surface area contributed by atoms with Crippen molar-refractivity contribution in [2.45, 2.75) is 26.3 Å². The quantitative estimate of drug-likeness (QED) is 0.425. The fraction of sp³-hybridized carbons (Fsp3) is 0.450. The maximum Gasteiger partial charge on any atom is 0.242 e. The molecule has 7 heteroatoms. The van der Waals surface area contributed by atoms with Gasteiger partial charge >= 0.3 is 0 Å². The molecule has 3 unspecified atom stereocenters. The van der Waals surface area contributed by atoms with Crippen LogP contribution in [0.15, 0.2) is 42.3 Å². The van der Waals surface area contributed by atoms with Crippen molar-refractivity contribution in [1.82, 2.24) is 15.2 Å². The van der Waals surface area contributed by atoms with E-state index < -0.39 is 0 Å². The van der Waals surface area contributed by atoms with Gasteiger partial charge in [-0.15, -0.1) is 0 Å². The Bertz CT molecular complexity index is 702. The van der Waals surface area contributed by atoms with E-state index >= 15 is 0 Å². The number of anilines is 1. The highest BCUT2D eigenvalue weighted by atomic mass is 35.5. The molecular formula is C20H27ClN4O2. The maximum absolute atomic E-state index is 12.7. The molecule has 6 nitrogen and oxygen atoms in total. The topological polar surface area (TPSA) is 74.3 Å². The third-order valence-electron chi connectivity index (χ3n) is 4.74. The summed E-state index contributed by atoms with van der Waals surface area (Å²) in [5, 5.41) is 6.42. The average Bonchev–Trinajstić information content (AvgIpc) is 2.65. The molecule has 27 heavy (non-hydrogen) atoms. The third-order valence-corrected chi connectivity index (χ3v) is 4.97. The van der Waals surface area contributed by atoms with Gasteiger partial charge in [-0.3, -0.25) is 14.5 Å². The highest BCUT2D eigenvalue weighted by Gasteiger charge is 2.31. The molecule has 2 heterocycles. The Balaban J connectivity index is 2.08. The Morgan fingerprint density at radius 3 is 2.81 bits per heavy atom. The molecule has 1 aliphatic heterocycles. The number of likely N-dealkylation sites (tertiary alicyclic amines) is 1. The minimum absolute atomic E-state index is 0.0970. The van der Waals surface area contributed by atoms with Crippen LogP contribution in [0.2, 0.25) is 5.02 Å². The number of aldehydes is 1. The van der Waals surface area contributed by atoms with Gasteiger partial charge in [0.15, 0.2) is 0 Å². The van der Waals surface area contributed by atoms with Gasteiger partial charge < -0.3 is 10.6 Å². The molecule has 1 aliphatic rings. The van der Waals surface area contributed by atoms with Crippen LogP contribution in [-0.2, 0) is 9.59 Å². The van der Waals surface area contributed by atoms with Crippen LogP contribution in [-0.4, -0.2) is 48.3 Å². The monoisotopic (exact) mass is 390 g/mol. The second-order valence-electron chi connectivity index (χ2n) is 6.95. The van der Waals surface area contributed by atoms with E-state index in [1.54, 1.807) is 12.1 Å². The van der Waals surface area contributed by atoms with Gasteiger partial charge in [0.1, 0.15) is 12.1 Å². The predicted molar refractivity (Wildman–Crippen MR) is 109 cm³/mol. The van der Waals surface area contributed by atoms with Crippen molar-refractivity contribution in [3.05, 3.63) is 47.3 Å². The van der Waals surface area contributed by atoms with Crippen molar-refractivity contribution in [2.75, 3.05) is 25.5 Å². The number of nitrogens with zero attached hydrogens (tertiary/aromatic N) is 2. The Morgan fingerprint density at radius 2 is 2.19 bits per heavy atom. The van der Waals surface area contributed by atoms with Crippen LogP contribution < -0.4 is 10.6 Å². The van der Waals surface area contributed by atoms with E-state index in [4.69, 9.17) is 11.6 Å². The molecule has 0 aromatic carbocycles. The average molecular weight is 391 g/mol. The second-order valence-corrected chi connectivity index (χ2v) is 7.38. The van der Waals surface area contributed by atoms with E-state index in [9.17, 15) is 9.59 Å². The first-order valence-corrected chi connectivity index (χ1v) is 9.48. The first-order valence-electron chi connectivity index (χ1n) is 9.10. The lowest BCUT2D eigenvalue weighted by molar-refractivity contribution is -0.121. The van der Waals surface area contributed by atoms with Gasteiger partial charge in [0.2, 0.25) is 5.91 Å². The van der Waals surface area contributed by atoms with Gasteiger partial charge in [-0.1, -0.05) is 24.6 Å². The summed E-state index contributed by atoms with van der Waals surface area (Å²) in [4.78, 5) is 29.7. The Labute approximate surface area is 165 Å². The summed E-state index contributed by atoms with van der Waals surface area (Å²) in [5.74, 6) is 1.08. The SMILES string of the molecule is CNC=C(/C=C\C=O)C1CC(C)CN(C(C)C(=O)Nc2ccc(Cl)cn2)C1. The first-order chi connectivity index (χ1) is 12.9. The van der Waals surface area contributed by atoms with Crippen LogP contribution >= 0.6 is 11.6 Å². The lowest BCUT2D eigenvalue weighted by atomic mass is 9.84. The predicted octanol–water partition coefficient (Wildman–Crippen LogP) is 2.88. The number of carbonyl (C=O) groups excluding carboxylic acids is 2. The Kier molecular flexibility index (Phi) is 8.00. The van der Waals surface area contributed by atoms with E-state index in [1.165, 1.54) is 12.3 Å². The van der Waals surface area contributed by atoms with Crippen molar-refractivity contribution in [2.24, 2.45) is 11.8 Å². The largest absolute Gasteiger partial charge is 0.394 e. The Hall–Kier alpha value is -2.18. The Morgan fingerprint density at radius 1 is 1.41 bits per heavy atom. The van der Waals surface area contributed by atoms with Gasteiger partial charge in [0.05, 0.1) is 11.1 Å². The second kappa shape index (κ2) is 10.2. The van der Waals surface area contributed by atoms with Crippen LogP contribution in [0.4, 0.5) is 5.82 Å². The van der Waals surface area contributed by atoms with E-state index in [0.29, 0.717) is 16.8 Å².